The van der Waals surface area contributed by atoms with Gasteiger partial charge in [0.25, 0.3) is 0 Å². The molecule has 0 aliphatic rings. The minimum absolute atomic E-state index is 0.243. The van der Waals surface area contributed by atoms with Crippen molar-refractivity contribution in [3.05, 3.63) is 86.1 Å². The number of nitrogens with one attached hydrogen (secondary N) is 2. The van der Waals surface area contributed by atoms with E-state index in [1.54, 1.807) is 19.2 Å². The Labute approximate surface area is 211 Å². The first-order chi connectivity index (χ1) is 16.0. The number of halogens is 3. The molecule has 0 fully saturated rings. The molecular formula is C25H24BrCl2N3O2. The Morgan fingerprint density at radius 1 is 1.06 bits per heavy atom. The lowest BCUT2D eigenvalue weighted by Gasteiger charge is -2.16. The topological polar surface area (TPSA) is 59.2 Å². The van der Waals surface area contributed by atoms with Gasteiger partial charge >= 0.3 is 0 Å². The fourth-order valence-electron chi connectivity index (χ4n) is 3.57. The summed E-state index contributed by atoms with van der Waals surface area (Å²) >= 11 is 16.1. The summed E-state index contributed by atoms with van der Waals surface area (Å²) in [5.74, 6) is 2.27. The number of nitrogens with zero attached hydrogens (tertiary/aromatic N) is 1. The number of benzene rings is 3. The van der Waals surface area contributed by atoms with Gasteiger partial charge < -0.3 is 19.8 Å². The molecule has 1 heterocycles. The number of hydrogen-bond acceptors (Lipinski definition) is 4. The van der Waals surface area contributed by atoms with Crippen LogP contribution in [0.3, 0.4) is 0 Å². The molecule has 4 aromatic rings. The number of fused-ring (bicyclic) bond motifs is 1. The van der Waals surface area contributed by atoms with Crippen molar-refractivity contribution in [1.29, 1.82) is 0 Å². The molecule has 0 bridgehead atoms. The predicted octanol–water partition coefficient (Wildman–Crippen LogP) is 6.94. The van der Waals surface area contributed by atoms with Crippen LogP contribution in [0.15, 0.2) is 59.1 Å². The highest BCUT2D eigenvalue weighted by Crippen LogP contribution is 2.38. The van der Waals surface area contributed by atoms with Crippen LogP contribution in [0.5, 0.6) is 11.5 Å². The molecule has 8 heteroatoms. The molecule has 0 saturated heterocycles. The van der Waals surface area contributed by atoms with Crippen molar-refractivity contribution < 1.29 is 9.47 Å². The number of aromatic amines is 1. The van der Waals surface area contributed by atoms with Gasteiger partial charge in [0.15, 0.2) is 11.5 Å². The lowest BCUT2D eigenvalue weighted by Crippen LogP contribution is -2.15. The van der Waals surface area contributed by atoms with Gasteiger partial charge in [0.05, 0.1) is 22.6 Å². The number of para-hydroxylation sites is 2. The van der Waals surface area contributed by atoms with Crippen LogP contribution in [-0.2, 0) is 19.6 Å². The van der Waals surface area contributed by atoms with Gasteiger partial charge in [0.2, 0.25) is 0 Å². The number of H-pyrrole nitrogens is 1. The third-order valence-electron chi connectivity index (χ3n) is 5.25. The predicted molar refractivity (Wildman–Crippen MR) is 138 cm³/mol. The maximum absolute atomic E-state index is 6.26. The second kappa shape index (κ2) is 11.3. The van der Waals surface area contributed by atoms with E-state index >= 15 is 0 Å². The Balaban J connectivity index is 1.31. The molecule has 0 spiro atoms. The van der Waals surface area contributed by atoms with Crippen molar-refractivity contribution in [2.75, 3.05) is 13.7 Å². The Hall–Kier alpha value is -2.25. The summed E-state index contributed by atoms with van der Waals surface area (Å²) in [6, 6.07) is 17.5. The SMILES string of the molecule is COc1cc(CNCCCc2nc3ccccc3[nH]2)cc(Br)c1OCc1c(Cl)cccc1Cl. The molecule has 0 radical (unpaired) electrons. The average molecular weight is 549 g/mol. The Morgan fingerprint density at radius 2 is 1.85 bits per heavy atom. The lowest BCUT2D eigenvalue weighted by molar-refractivity contribution is 0.282. The molecule has 0 amide bonds. The highest BCUT2D eigenvalue weighted by atomic mass is 79.9. The van der Waals surface area contributed by atoms with E-state index in [0.29, 0.717) is 28.1 Å². The summed E-state index contributed by atoms with van der Waals surface area (Å²) in [6.07, 6.45) is 1.88. The fraction of sp³-hybridized carbons (Fsp3) is 0.240. The van der Waals surface area contributed by atoms with Gasteiger partial charge in [-0.05, 0) is 70.9 Å². The molecule has 0 aliphatic heterocycles. The van der Waals surface area contributed by atoms with Crippen LogP contribution in [0.25, 0.3) is 11.0 Å². The van der Waals surface area contributed by atoms with Crippen LogP contribution in [-0.4, -0.2) is 23.6 Å². The molecule has 1 aromatic heterocycles. The fourth-order valence-corrected chi connectivity index (χ4v) is 4.68. The Bertz CT molecular complexity index is 1190. The Kier molecular flexibility index (Phi) is 8.15. The number of rotatable bonds is 10. The van der Waals surface area contributed by atoms with Crippen LogP contribution in [0, 0.1) is 0 Å². The Morgan fingerprint density at radius 3 is 2.61 bits per heavy atom. The van der Waals surface area contributed by atoms with Crippen molar-refractivity contribution in [2.24, 2.45) is 0 Å². The van der Waals surface area contributed by atoms with Gasteiger partial charge in [-0.15, -0.1) is 0 Å². The van der Waals surface area contributed by atoms with E-state index in [1.165, 1.54) is 0 Å². The second-order valence-corrected chi connectivity index (χ2v) is 9.25. The summed E-state index contributed by atoms with van der Waals surface area (Å²) in [6.45, 7) is 1.83. The number of hydrogen-bond donors (Lipinski definition) is 2. The van der Waals surface area contributed by atoms with Crippen molar-refractivity contribution in [3.63, 3.8) is 0 Å². The van der Waals surface area contributed by atoms with Gasteiger partial charge in [0, 0.05) is 28.6 Å². The first-order valence-corrected chi connectivity index (χ1v) is 12.2. The van der Waals surface area contributed by atoms with E-state index in [1.807, 2.05) is 42.5 Å². The average Bonchev–Trinajstić information content (AvgIpc) is 3.22. The van der Waals surface area contributed by atoms with Gasteiger partial charge in [-0.25, -0.2) is 4.98 Å². The summed E-state index contributed by atoms with van der Waals surface area (Å²) < 4.78 is 12.4. The third kappa shape index (κ3) is 6.01. The summed E-state index contributed by atoms with van der Waals surface area (Å²) in [5.41, 5.74) is 3.92. The zero-order valence-corrected chi connectivity index (χ0v) is 21.2. The molecule has 2 N–H and O–H groups in total. The van der Waals surface area contributed by atoms with Gasteiger partial charge in [-0.2, -0.15) is 0 Å². The monoisotopic (exact) mass is 547 g/mol. The van der Waals surface area contributed by atoms with Gasteiger partial charge in [-0.1, -0.05) is 41.4 Å². The minimum atomic E-state index is 0.243. The standard InChI is InChI=1S/C25H24BrCl2N3O2/c1-32-23-13-16(12-18(26)25(23)33-15-17-19(27)6-4-7-20(17)28)14-29-11-5-10-24-30-21-8-2-3-9-22(21)31-24/h2-4,6-9,12-13,29H,5,10-11,14-15H2,1H3,(H,30,31). The zero-order chi connectivity index (χ0) is 23.2. The largest absolute Gasteiger partial charge is 0.493 e. The smallest absolute Gasteiger partial charge is 0.175 e. The number of aryl methyl sites for hydroxylation is 1. The van der Waals surface area contributed by atoms with Gasteiger partial charge in [-0.3, -0.25) is 0 Å². The van der Waals surface area contributed by atoms with Crippen LogP contribution in [0.4, 0.5) is 0 Å². The number of imidazole rings is 1. The molecular weight excluding hydrogens is 525 g/mol. The van der Waals surface area contributed by atoms with E-state index in [2.05, 4.69) is 31.2 Å². The van der Waals surface area contributed by atoms with Crippen molar-refractivity contribution in [2.45, 2.75) is 26.0 Å². The van der Waals surface area contributed by atoms with Crippen LogP contribution >= 0.6 is 39.1 Å². The molecule has 0 aliphatic carbocycles. The van der Waals surface area contributed by atoms with Crippen molar-refractivity contribution in [3.8, 4) is 11.5 Å². The van der Waals surface area contributed by atoms with E-state index in [0.717, 1.165) is 51.8 Å². The van der Waals surface area contributed by atoms with E-state index < -0.39 is 0 Å². The van der Waals surface area contributed by atoms with Crippen LogP contribution in [0.2, 0.25) is 10.0 Å². The maximum Gasteiger partial charge on any atom is 0.175 e. The highest BCUT2D eigenvalue weighted by Gasteiger charge is 2.14. The van der Waals surface area contributed by atoms with Crippen LogP contribution in [0.1, 0.15) is 23.4 Å². The number of methoxy groups -OCH3 is 1. The summed E-state index contributed by atoms with van der Waals surface area (Å²) in [7, 11) is 1.63. The minimum Gasteiger partial charge on any atom is -0.493 e. The van der Waals surface area contributed by atoms with E-state index in [4.69, 9.17) is 32.7 Å². The molecule has 0 saturated carbocycles. The normalized spacial score (nSPS) is 11.2. The molecule has 3 aromatic carbocycles. The molecule has 0 unspecified atom stereocenters. The van der Waals surface area contributed by atoms with Gasteiger partial charge in [0.1, 0.15) is 12.4 Å². The van der Waals surface area contributed by atoms with E-state index in [9.17, 15) is 0 Å². The van der Waals surface area contributed by atoms with Crippen molar-refractivity contribution >= 4 is 50.2 Å². The second-order valence-electron chi connectivity index (χ2n) is 7.58. The highest BCUT2D eigenvalue weighted by molar-refractivity contribution is 9.10. The number of aromatic nitrogens is 2. The molecule has 0 atom stereocenters. The quantitative estimate of drug-likeness (QED) is 0.211. The lowest BCUT2D eigenvalue weighted by atomic mass is 10.2. The first kappa shape index (κ1) is 23.9. The molecule has 5 nitrogen and oxygen atoms in total. The van der Waals surface area contributed by atoms with Crippen molar-refractivity contribution in [1.82, 2.24) is 15.3 Å². The number of ether oxygens (including phenoxy) is 2. The molecule has 33 heavy (non-hydrogen) atoms. The third-order valence-corrected chi connectivity index (χ3v) is 6.54. The molecule has 4 rings (SSSR count). The maximum atomic E-state index is 6.26. The van der Waals surface area contributed by atoms with E-state index in [-0.39, 0.29) is 6.61 Å². The summed E-state index contributed by atoms with van der Waals surface area (Å²) in [4.78, 5) is 8.00. The summed E-state index contributed by atoms with van der Waals surface area (Å²) in [5, 5.41) is 4.62. The zero-order valence-electron chi connectivity index (χ0n) is 18.1. The first-order valence-electron chi connectivity index (χ1n) is 10.6. The molecule has 172 valence electrons. The van der Waals surface area contributed by atoms with Crippen LogP contribution < -0.4 is 14.8 Å².